The maximum absolute atomic E-state index is 9.02. The molecule has 1 saturated heterocycles. The van der Waals surface area contributed by atoms with Gasteiger partial charge in [0.25, 0.3) is 0 Å². The van der Waals surface area contributed by atoms with Crippen LogP contribution >= 0.6 is 0 Å². The molecular formula is C10H17NO. The Kier molecular flexibility index (Phi) is 2.47. The molecule has 0 aromatic carbocycles. The van der Waals surface area contributed by atoms with E-state index in [1.807, 2.05) is 0 Å². The second-order valence-electron chi connectivity index (χ2n) is 4.00. The first-order valence-electron chi connectivity index (χ1n) is 4.89. The van der Waals surface area contributed by atoms with Crippen molar-refractivity contribution < 1.29 is 5.11 Å². The molecule has 2 heteroatoms. The second-order valence-corrected chi connectivity index (χ2v) is 4.00. The van der Waals surface area contributed by atoms with Crippen molar-refractivity contribution in [1.29, 1.82) is 0 Å². The Morgan fingerprint density at radius 2 is 2.17 bits per heavy atom. The monoisotopic (exact) mass is 167 g/mol. The van der Waals surface area contributed by atoms with E-state index >= 15 is 0 Å². The van der Waals surface area contributed by atoms with Crippen molar-refractivity contribution in [3.63, 3.8) is 0 Å². The normalized spacial score (nSPS) is 40.9. The summed E-state index contributed by atoms with van der Waals surface area (Å²) in [6, 6.07) is 0.692. The summed E-state index contributed by atoms with van der Waals surface area (Å²) in [5.74, 6) is 1.28. The summed E-state index contributed by atoms with van der Waals surface area (Å²) >= 11 is 0. The number of fused-ring (bicyclic) bond motifs is 1. The standard InChI is InChI=1S/C10H17NO/c12-7-8-5-9-3-1-2-4-10(9)11-6-8/h1-2,8-12H,3-7H2. The van der Waals surface area contributed by atoms with Crippen LogP contribution in [0.1, 0.15) is 19.3 Å². The molecular weight excluding hydrogens is 150 g/mol. The van der Waals surface area contributed by atoms with Crippen LogP contribution in [0.5, 0.6) is 0 Å². The third-order valence-corrected chi connectivity index (χ3v) is 3.13. The van der Waals surface area contributed by atoms with Gasteiger partial charge in [-0.05, 0) is 31.1 Å². The second kappa shape index (κ2) is 3.58. The van der Waals surface area contributed by atoms with Crippen molar-refractivity contribution in [3.8, 4) is 0 Å². The van der Waals surface area contributed by atoms with E-state index in [2.05, 4.69) is 17.5 Å². The molecule has 0 spiro atoms. The van der Waals surface area contributed by atoms with Gasteiger partial charge in [-0.15, -0.1) is 0 Å². The van der Waals surface area contributed by atoms with Crippen molar-refractivity contribution in [2.45, 2.75) is 25.3 Å². The van der Waals surface area contributed by atoms with Crippen LogP contribution in [-0.2, 0) is 0 Å². The Morgan fingerprint density at radius 3 is 3.00 bits per heavy atom. The SMILES string of the molecule is OCC1CNC2CC=CCC2C1. The number of nitrogens with one attached hydrogen (secondary N) is 1. The lowest BCUT2D eigenvalue weighted by atomic mass is 9.79. The Morgan fingerprint density at radius 1 is 1.33 bits per heavy atom. The van der Waals surface area contributed by atoms with Crippen LogP contribution in [0.3, 0.4) is 0 Å². The molecule has 2 rings (SSSR count). The number of rotatable bonds is 1. The van der Waals surface area contributed by atoms with Crippen molar-refractivity contribution >= 4 is 0 Å². The number of aliphatic hydroxyl groups excluding tert-OH is 1. The molecule has 2 N–H and O–H groups in total. The number of allylic oxidation sites excluding steroid dienone is 1. The fourth-order valence-corrected chi connectivity index (χ4v) is 2.35. The maximum Gasteiger partial charge on any atom is 0.0471 e. The molecule has 12 heavy (non-hydrogen) atoms. The van der Waals surface area contributed by atoms with Crippen molar-refractivity contribution in [2.24, 2.45) is 11.8 Å². The van der Waals surface area contributed by atoms with Crippen LogP contribution in [0, 0.1) is 11.8 Å². The molecule has 0 aromatic rings. The van der Waals surface area contributed by atoms with Gasteiger partial charge in [0.1, 0.15) is 0 Å². The van der Waals surface area contributed by atoms with Gasteiger partial charge in [-0.25, -0.2) is 0 Å². The first kappa shape index (κ1) is 8.27. The minimum Gasteiger partial charge on any atom is -0.396 e. The highest BCUT2D eigenvalue weighted by atomic mass is 16.3. The van der Waals surface area contributed by atoms with Gasteiger partial charge in [-0.3, -0.25) is 0 Å². The van der Waals surface area contributed by atoms with E-state index in [9.17, 15) is 0 Å². The number of hydrogen-bond donors (Lipinski definition) is 2. The highest BCUT2D eigenvalue weighted by molar-refractivity contribution is 5.00. The Balaban J connectivity index is 1.95. The molecule has 0 radical (unpaired) electrons. The number of piperidine rings is 1. The topological polar surface area (TPSA) is 32.3 Å². The van der Waals surface area contributed by atoms with E-state index in [1.54, 1.807) is 0 Å². The van der Waals surface area contributed by atoms with Gasteiger partial charge in [0, 0.05) is 19.2 Å². The van der Waals surface area contributed by atoms with E-state index in [-0.39, 0.29) is 0 Å². The predicted molar refractivity (Wildman–Crippen MR) is 48.8 cm³/mol. The fraction of sp³-hybridized carbons (Fsp3) is 0.800. The highest BCUT2D eigenvalue weighted by Crippen LogP contribution is 2.29. The zero-order valence-corrected chi connectivity index (χ0v) is 7.37. The predicted octanol–water partition coefficient (Wildman–Crippen LogP) is 0.923. The van der Waals surface area contributed by atoms with E-state index in [4.69, 9.17) is 5.11 Å². The Hall–Kier alpha value is -0.340. The summed E-state index contributed by atoms with van der Waals surface area (Å²) in [4.78, 5) is 0. The van der Waals surface area contributed by atoms with Gasteiger partial charge in [-0.2, -0.15) is 0 Å². The van der Waals surface area contributed by atoms with Crippen LogP contribution in [0.25, 0.3) is 0 Å². The smallest absolute Gasteiger partial charge is 0.0471 e. The number of aliphatic hydroxyl groups is 1. The summed E-state index contributed by atoms with van der Waals surface area (Å²) in [6.45, 7) is 1.35. The van der Waals surface area contributed by atoms with Crippen LogP contribution in [-0.4, -0.2) is 24.3 Å². The Bertz CT molecular complexity index is 179. The minimum absolute atomic E-state index is 0.347. The van der Waals surface area contributed by atoms with E-state index < -0.39 is 0 Å². The zero-order chi connectivity index (χ0) is 8.39. The van der Waals surface area contributed by atoms with Gasteiger partial charge in [0.2, 0.25) is 0 Å². The average Bonchev–Trinajstić information content (AvgIpc) is 2.17. The quantitative estimate of drug-likeness (QED) is 0.569. The lowest BCUT2D eigenvalue weighted by Crippen LogP contribution is -2.46. The molecule has 2 aliphatic rings. The molecule has 0 aromatic heterocycles. The van der Waals surface area contributed by atoms with Crippen LogP contribution in [0.15, 0.2) is 12.2 Å². The van der Waals surface area contributed by atoms with E-state index in [0.29, 0.717) is 18.6 Å². The van der Waals surface area contributed by atoms with Crippen molar-refractivity contribution in [2.75, 3.05) is 13.2 Å². The molecule has 68 valence electrons. The molecule has 1 aliphatic heterocycles. The van der Waals surface area contributed by atoms with Crippen molar-refractivity contribution in [1.82, 2.24) is 5.32 Å². The lowest BCUT2D eigenvalue weighted by Gasteiger charge is -2.37. The third kappa shape index (κ3) is 1.54. The highest BCUT2D eigenvalue weighted by Gasteiger charge is 2.29. The first-order chi connectivity index (χ1) is 5.90. The number of hydrogen-bond acceptors (Lipinski definition) is 2. The van der Waals surface area contributed by atoms with Crippen LogP contribution < -0.4 is 5.32 Å². The molecule has 1 fully saturated rings. The molecule has 1 heterocycles. The molecule has 2 nitrogen and oxygen atoms in total. The van der Waals surface area contributed by atoms with E-state index in [0.717, 1.165) is 12.5 Å². The van der Waals surface area contributed by atoms with Crippen LogP contribution in [0.4, 0.5) is 0 Å². The summed E-state index contributed by atoms with van der Waals surface area (Å²) < 4.78 is 0. The van der Waals surface area contributed by atoms with Crippen molar-refractivity contribution in [3.05, 3.63) is 12.2 Å². The Labute approximate surface area is 73.7 Å². The molecule has 1 aliphatic carbocycles. The molecule has 3 atom stereocenters. The molecule has 3 unspecified atom stereocenters. The molecule has 0 amide bonds. The van der Waals surface area contributed by atoms with Gasteiger partial charge >= 0.3 is 0 Å². The molecule has 0 bridgehead atoms. The molecule has 0 saturated carbocycles. The largest absolute Gasteiger partial charge is 0.396 e. The summed E-state index contributed by atoms with van der Waals surface area (Å²) in [7, 11) is 0. The summed E-state index contributed by atoms with van der Waals surface area (Å²) in [6.07, 6.45) is 8.14. The van der Waals surface area contributed by atoms with Gasteiger partial charge < -0.3 is 10.4 Å². The minimum atomic E-state index is 0.347. The fourth-order valence-electron chi connectivity index (χ4n) is 2.35. The lowest BCUT2D eigenvalue weighted by molar-refractivity contribution is 0.142. The van der Waals surface area contributed by atoms with Gasteiger partial charge in [-0.1, -0.05) is 12.2 Å². The average molecular weight is 167 g/mol. The maximum atomic E-state index is 9.02. The summed E-state index contributed by atoms with van der Waals surface area (Å²) in [5, 5.41) is 12.5. The zero-order valence-electron chi connectivity index (χ0n) is 7.37. The van der Waals surface area contributed by atoms with Gasteiger partial charge in [0.05, 0.1) is 0 Å². The third-order valence-electron chi connectivity index (χ3n) is 3.13. The van der Waals surface area contributed by atoms with Crippen LogP contribution in [0.2, 0.25) is 0 Å². The summed E-state index contributed by atoms with van der Waals surface area (Å²) in [5.41, 5.74) is 0. The first-order valence-corrected chi connectivity index (χ1v) is 4.89. The van der Waals surface area contributed by atoms with E-state index in [1.165, 1.54) is 19.3 Å². The van der Waals surface area contributed by atoms with Gasteiger partial charge in [0.15, 0.2) is 0 Å².